The van der Waals surface area contributed by atoms with Crippen molar-refractivity contribution < 1.29 is 18.7 Å². The van der Waals surface area contributed by atoms with E-state index < -0.39 is 5.82 Å². The summed E-state index contributed by atoms with van der Waals surface area (Å²) in [5.74, 6) is 1.05. The Hall–Kier alpha value is -1.82. The number of rotatable bonds is 4. The third-order valence-corrected chi connectivity index (χ3v) is 5.10. The van der Waals surface area contributed by atoms with Crippen molar-refractivity contribution >= 4 is 6.03 Å². The van der Waals surface area contributed by atoms with Gasteiger partial charge >= 0.3 is 6.03 Å². The van der Waals surface area contributed by atoms with E-state index in [9.17, 15) is 9.18 Å². The fraction of sp³-hybridized carbons (Fsp3) is 0.611. The van der Waals surface area contributed by atoms with Gasteiger partial charge in [-0.05, 0) is 48.8 Å². The number of carbonyl (C=O) groups excluding carboxylic acids is 1. The van der Waals surface area contributed by atoms with Crippen LogP contribution in [-0.2, 0) is 11.3 Å². The first-order chi connectivity index (χ1) is 11.7. The van der Waals surface area contributed by atoms with Gasteiger partial charge in [-0.2, -0.15) is 0 Å². The fourth-order valence-electron chi connectivity index (χ4n) is 3.65. The number of hydrogen-bond donors (Lipinski definition) is 1. The molecule has 2 fully saturated rings. The normalized spacial score (nSPS) is 21.8. The van der Waals surface area contributed by atoms with Crippen molar-refractivity contribution in [3.05, 3.63) is 29.6 Å². The Morgan fingerprint density at radius 1 is 1.33 bits per heavy atom. The molecule has 0 saturated carbocycles. The van der Waals surface area contributed by atoms with Crippen molar-refractivity contribution in [2.75, 3.05) is 33.4 Å². The lowest BCUT2D eigenvalue weighted by Gasteiger charge is -2.27. The predicted octanol–water partition coefficient (Wildman–Crippen LogP) is 2.79. The number of nitrogens with one attached hydrogen (secondary N) is 1. The third kappa shape index (κ3) is 3.98. The lowest BCUT2D eigenvalue weighted by atomic mass is 9.85. The molecule has 1 unspecified atom stereocenters. The van der Waals surface area contributed by atoms with Gasteiger partial charge in [0.25, 0.3) is 0 Å². The van der Waals surface area contributed by atoms with E-state index in [0.29, 0.717) is 18.4 Å². The molecule has 1 aromatic carbocycles. The van der Waals surface area contributed by atoms with Crippen LogP contribution in [0.25, 0.3) is 0 Å². The number of methoxy groups -OCH3 is 1. The SMILES string of the molecule is COc1ccc(CNC(=O)N2CCC(C3CCOCC3)C2)cc1F. The number of halogens is 1. The van der Waals surface area contributed by atoms with Gasteiger partial charge in [-0.25, -0.2) is 9.18 Å². The zero-order valence-electron chi connectivity index (χ0n) is 14.1. The molecule has 24 heavy (non-hydrogen) atoms. The maximum Gasteiger partial charge on any atom is 0.317 e. The molecule has 1 N–H and O–H groups in total. The summed E-state index contributed by atoms with van der Waals surface area (Å²) in [5.41, 5.74) is 0.724. The molecular formula is C18H25FN2O3. The first-order valence-electron chi connectivity index (χ1n) is 8.60. The Morgan fingerprint density at radius 3 is 2.83 bits per heavy atom. The van der Waals surface area contributed by atoms with Gasteiger partial charge < -0.3 is 19.7 Å². The van der Waals surface area contributed by atoms with E-state index in [4.69, 9.17) is 9.47 Å². The van der Waals surface area contributed by atoms with Crippen LogP contribution in [-0.4, -0.2) is 44.3 Å². The maximum absolute atomic E-state index is 13.7. The summed E-state index contributed by atoms with van der Waals surface area (Å²) in [6.07, 6.45) is 3.27. The van der Waals surface area contributed by atoms with Crippen molar-refractivity contribution in [2.24, 2.45) is 11.8 Å². The Balaban J connectivity index is 1.48. The van der Waals surface area contributed by atoms with Crippen LogP contribution in [0.5, 0.6) is 5.75 Å². The standard InChI is InChI=1S/C18H25FN2O3/c1-23-17-3-2-13(10-16(17)19)11-20-18(22)21-7-4-15(12-21)14-5-8-24-9-6-14/h2-3,10,14-15H,4-9,11-12H2,1H3,(H,20,22). The van der Waals surface area contributed by atoms with Gasteiger partial charge in [-0.1, -0.05) is 6.07 Å². The van der Waals surface area contributed by atoms with Gasteiger partial charge in [0.1, 0.15) is 0 Å². The number of carbonyl (C=O) groups is 1. The number of benzene rings is 1. The van der Waals surface area contributed by atoms with Crippen LogP contribution in [0.2, 0.25) is 0 Å². The highest BCUT2D eigenvalue weighted by Gasteiger charge is 2.32. The Labute approximate surface area is 142 Å². The van der Waals surface area contributed by atoms with Crippen molar-refractivity contribution in [2.45, 2.75) is 25.8 Å². The molecule has 1 atom stereocenters. The predicted molar refractivity (Wildman–Crippen MR) is 88.4 cm³/mol. The summed E-state index contributed by atoms with van der Waals surface area (Å²) in [5, 5.41) is 2.88. The Kier molecular flexibility index (Phi) is 5.56. The summed E-state index contributed by atoms with van der Waals surface area (Å²) in [6.45, 7) is 3.61. The van der Waals surface area contributed by atoms with Gasteiger partial charge in [-0.3, -0.25) is 0 Å². The molecule has 0 radical (unpaired) electrons. The molecule has 2 amide bonds. The molecule has 0 aromatic heterocycles. The first kappa shape index (κ1) is 17.0. The molecule has 0 bridgehead atoms. The monoisotopic (exact) mass is 336 g/mol. The van der Waals surface area contributed by atoms with E-state index in [2.05, 4.69) is 5.32 Å². The number of ether oxygens (including phenoxy) is 2. The van der Waals surface area contributed by atoms with Crippen molar-refractivity contribution in [1.29, 1.82) is 0 Å². The van der Waals surface area contributed by atoms with E-state index >= 15 is 0 Å². The van der Waals surface area contributed by atoms with Crippen LogP contribution < -0.4 is 10.1 Å². The van der Waals surface area contributed by atoms with Crippen LogP contribution in [0, 0.1) is 17.7 Å². The van der Waals surface area contributed by atoms with Gasteiger partial charge in [-0.15, -0.1) is 0 Å². The van der Waals surface area contributed by atoms with Gasteiger partial charge in [0.05, 0.1) is 7.11 Å². The van der Waals surface area contributed by atoms with E-state index in [-0.39, 0.29) is 11.8 Å². The van der Waals surface area contributed by atoms with Crippen LogP contribution in [0.15, 0.2) is 18.2 Å². The Bertz CT molecular complexity index is 575. The number of nitrogens with zero attached hydrogens (tertiary/aromatic N) is 1. The zero-order chi connectivity index (χ0) is 16.9. The molecule has 6 heteroatoms. The minimum atomic E-state index is -0.412. The molecule has 0 aliphatic carbocycles. The molecule has 2 aliphatic rings. The van der Waals surface area contributed by atoms with Crippen LogP contribution in [0.1, 0.15) is 24.8 Å². The van der Waals surface area contributed by atoms with Gasteiger partial charge in [0, 0.05) is 32.8 Å². The highest BCUT2D eigenvalue weighted by atomic mass is 19.1. The van der Waals surface area contributed by atoms with Crippen LogP contribution >= 0.6 is 0 Å². The smallest absolute Gasteiger partial charge is 0.317 e. The summed E-state index contributed by atoms with van der Waals surface area (Å²) >= 11 is 0. The third-order valence-electron chi connectivity index (χ3n) is 5.10. The van der Waals surface area contributed by atoms with Crippen molar-refractivity contribution in [1.82, 2.24) is 10.2 Å². The van der Waals surface area contributed by atoms with Crippen LogP contribution in [0.4, 0.5) is 9.18 Å². The zero-order valence-corrected chi connectivity index (χ0v) is 14.1. The largest absolute Gasteiger partial charge is 0.494 e. The molecule has 2 aliphatic heterocycles. The minimum absolute atomic E-state index is 0.0687. The summed E-state index contributed by atoms with van der Waals surface area (Å²) in [7, 11) is 1.43. The van der Waals surface area contributed by atoms with E-state index in [1.54, 1.807) is 12.1 Å². The second-order valence-corrected chi connectivity index (χ2v) is 6.57. The number of amides is 2. The molecule has 1 aromatic rings. The number of hydrogen-bond acceptors (Lipinski definition) is 3. The minimum Gasteiger partial charge on any atom is -0.494 e. The molecule has 3 rings (SSSR count). The van der Waals surface area contributed by atoms with Crippen molar-refractivity contribution in [3.63, 3.8) is 0 Å². The van der Waals surface area contributed by atoms with E-state index in [0.717, 1.165) is 51.1 Å². The molecule has 0 spiro atoms. The lowest BCUT2D eigenvalue weighted by Crippen LogP contribution is -2.38. The fourth-order valence-corrected chi connectivity index (χ4v) is 3.65. The number of urea groups is 1. The average molecular weight is 336 g/mol. The summed E-state index contributed by atoms with van der Waals surface area (Å²) < 4.78 is 24.0. The number of likely N-dealkylation sites (tertiary alicyclic amines) is 1. The van der Waals surface area contributed by atoms with E-state index in [1.807, 2.05) is 4.90 Å². The molecule has 2 heterocycles. The highest BCUT2D eigenvalue weighted by molar-refractivity contribution is 5.74. The van der Waals surface area contributed by atoms with Gasteiger partial charge in [0.15, 0.2) is 11.6 Å². The quantitative estimate of drug-likeness (QED) is 0.920. The van der Waals surface area contributed by atoms with Crippen LogP contribution in [0.3, 0.4) is 0 Å². The first-order valence-corrected chi connectivity index (χ1v) is 8.60. The second kappa shape index (κ2) is 7.83. The maximum atomic E-state index is 13.7. The topological polar surface area (TPSA) is 50.8 Å². The Morgan fingerprint density at radius 2 is 2.12 bits per heavy atom. The highest BCUT2D eigenvalue weighted by Crippen LogP contribution is 2.31. The molecular weight excluding hydrogens is 311 g/mol. The molecule has 132 valence electrons. The molecule has 2 saturated heterocycles. The molecule has 5 nitrogen and oxygen atoms in total. The lowest BCUT2D eigenvalue weighted by molar-refractivity contribution is 0.0484. The van der Waals surface area contributed by atoms with Gasteiger partial charge in [0.2, 0.25) is 0 Å². The summed E-state index contributed by atoms with van der Waals surface area (Å²) in [6, 6.07) is 4.67. The summed E-state index contributed by atoms with van der Waals surface area (Å²) in [4.78, 5) is 14.2. The average Bonchev–Trinajstić information content (AvgIpc) is 3.11. The second-order valence-electron chi connectivity index (χ2n) is 6.57. The van der Waals surface area contributed by atoms with Crippen molar-refractivity contribution in [3.8, 4) is 5.75 Å². The van der Waals surface area contributed by atoms with E-state index in [1.165, 1.54) is 13.2 Å².